The molecule has 6 rings (SSSR count). The van der Waals surface area contributed by atoms with E-state index in [1.807, 2.05) is 0 Å². The number of nitrogens with one attached hydrogen (secondary N) is 1. The molecule has 18 nitrogen and oxygen atoms in total. The number of aromatic nitrogens is 1. The second kappa shape index (κ2) is 15.0. The third kappa shape index (κ3) is 7.54. The van der Waals surface area contributed by atoms with Crippen molar-refractivity contribution in [2.75, 3.05) is 51.3 Å². The molecule has 55 heavy (non-hydrogen) atoms. The molecule has 3 fully saturated rings. The minimum atomic E-state index is -1.77. The van der Waals surface area contributed by atoms with Gasteiger partial charge in [0.15, 0.2) is 33.8 Å². The van der Waals surface area contributed by atoms with E-state index in [4.69, 9.17) is 27.0 Å². The highest BCUT2D eigenvalue weighted by Crippen LogP contribution is 2.49. The van der Waals surface area contributed by atoms with Gasteiger partial charge in [0.2, 0.25) is 11.5 Å². The van der Waals surface area contributed by atoms with E-state index >= 15 is 0 Å². The van der Waals surface area contributed by atoms with Crippen LogP contribution in [0.15, 0.2) is 39.1 Å². The van der Waals surface area contributed by atoms with E-state index in [9.17, 15) is 44.4 Å². The Bertz CT molecular complexity index is 2060. The summed E-state index contributed by atoms with van der Waals surface area (Å²) in [5, 5.41) is 50.9. The first-order valence-electron chi connectivity index (χ1n) is 17.0. The Kier molecular flexibility index (Phi) is 10.8. The quantitative estimate of drug-likeness (QED) is 0.0494. The number of oxime groups is 2. The van der Waals surface area contributed by atoms with E-state index in [0.717, 1.165) is 37.3 Å². The fourth-order valence-corrected chi connectivity index (χ4v) is 9.73. The van der Waals surface area contributed by atoms with Gasteiger partial charge in [-0.05, 0) is 26.0 Å². The van der Waals surface area contributed by atoms with Crippen LogP contribution >= 0.6 is 34.7 Å². The number of hydrogen-bond acceptors (Lipinski definition) is 15. The van der Waals surface area contributed by atoms with Crippen molar-refractivity contribution < 1.29 is 58.6 Å². The summed E-state index contributed by atoms with van der Waals surface area (Å²) < 4.78 is 0.580. The molecule has 4 aliphatic heterocycles. The fraction of sp³-hybridized carbons (Fsp3) is 0.471. The predicted octanol–water partition coefficient (Wildman–Crippen LogP) is 1.98. The number of carbonyl (C=O) groups excluding carboxylic acids is 3. The molecule has 2 amide bonds. The molecule has 1 aromatic carbocycles. The van der Waals surface area contributed by atoms with E-state index in [1.54, 1.807) is 0 Å². The van der Waals surface area contributed by atoms with Crippen LogP contribution in [0.25, 0.3) is 0 Å². The normalized spacial score (nSPS) is 25.0. The first-order valence-corrected chi connectivity index (χ1v) is 19.3. The van der Waals surface area contributed by atoms with Crippen molar-refractivity contribution in [1.82, 2.24) is 15.2 Å². The van der Waals surface area contributed by atoms with Crippen molar-refractivity contribution in [3.63, 3.8) is 0 Å². The van der Waals surface area contributed by atoms with Gasteiger partial charge in [0.25, 0.3) is 5.91 Å². The highest BCUT2D eigenvalue weighted by Gasteiger charge is 2.58. The number of nitrogen functional groups attached to an aromatic ring is 1. The number of nitrogens with two attached hydrogens (primary N) is 1. The number of piperidine rings is 1. The number of benzene rings is 1. The molecule has 2 bridgehead atoms. The fourth-order valence-electron chi connectivity index (χ4n) is 7.53. The van der Waals surface area contributed by atoms with E-state index in [-0.39, 0.29) is 56.9 Å². The van der Waals surface area contributed by atoms with Gasteiger partial charge in [-0.25, -0.2) is 14.6 Å². The molecular formula is C34H39ClN7O11S2+. The van der Waals surface area contributed by atoms with Gasteiger partial charge in [0.1, 0.15) is 25.0 Å². The van der Waals surface area contributed by atoms with Crippen molar-refractivity contribution in [3.05, 3.63) is 45.1 Å². The largest absolute Gasteiger partial charge is 0.504 e. The monoisotopic (exact) mass is 820 g/mol. The summed E-state index contributed by atoms with van der Waals surface area (Å²) in [6.07, 6.45) is 1.17. The van der Waals surface area contributed by atoms with Crippen LogP contribution in [0, 0.1) is 11.3 Å². The van der Waals surface area contributed by atoms with Gasteiger partial charge in [-0.15, -0.1) is 23.1 Å². The molecule has 2 atom stereocenters. The number of aliphatic carboxylic acids is 2. The molecule has 7 N–H and O–H groups in total. The van der Waals surface area contributed by atoms with Crippen molar-refractivity contribution in [1.29, 1.82) is 0 Å². The molecule has 4 aliphatic rings. The van der Waals surface area contributed by atoms with Gasteiger partial charge in [-0.1, -0.05) is 21.9 Å². The number of thiazole rings is 1. The van der Waals surface area contributed by atoms with E-state index in [0.29, 0.717) is 28.9 Å². The lowest BCUT2D eigenvalue weighted by Gasteiger charge is -2.50. The maximum Gasteiger partial charge on any atom is 0.352 e. The number of phenols is 2. The summed E-state index contributed by atoms with van der Waals surface area (Å²) in [7, 11) is 1.26. The lowest BCUT2D eigenvalue weighted by Crippen LogP contribution is -2.62. The number of rotatable bonds is 15. The highest BCUT2D eigenvalue weighted by atomic mass is 35.5. The Balaban J connectivity index is 1.13. The third-order valence-corrected chi connectivity index (χ3v) is 12.9. The number of fused-ring (bicyclic) bond motifs is 3. The number of ketones is 1. The van der Waals surface area contributed by atoms with Crippen molar-refractivity contribution in [2.24, 2.45) is 21.6 Å². The topological polar surface area (TPSA) is 264 Å². The van der Waals surface area contributed by atoms with Gasteiger partial charge < -0.3 is 45.6 Å². The number of carboxylic acid groups (broad SMARTS) is 2. The number of amides is 2. The number of carbonyl (C=O) groups is 5. The van der Waals surface area contributed by atoms with Crippen LogP contribution in [-0.4, -0.2) is 132 Å². The number of halogens is 1. The van der Waals surface area contributed by atoms with Crippen molar-refractivity contribution >= 4 is 80.8 Å². The SMILES string of the molecule is CO/N=C(\C(=O)NCC12CC[N+](CC3=C(C(=O)O)N4C(=O)[C@@H](CC(=O)/C(=N\OC(C)(C)C(=O)O)c5csc(N)n5)[C@H]4SC3)(CC1)C2)c1ccc(O)c(O)c1Cl. The Hall–Kier alpha value is -4.92. The first-order chi connectivity index (χ1) is 25.9. The predicted molar refractivity (Wildman–Crippen MR) is 199 cm³/mol. The molecule has 5 heterocycles. The van der Waals surface area contributed by atoms with Crippen LogP contribution in [0.1, 0.15) is 44.4 Å². The molecule has 0 radical (unpaired) electrons. The number of nitrogens with zero attached hydrogens (tertiary/aromatic N) is 5. The average Bonchev–Trinajstić information content (AvgIpc) is 3.84. The second-order valence-corrected chi connectivity index (χ2v) is 16.9. The van der Waals surface area contributed by atoms with Crippen LogP contribution in [0.4, 0.5) is 5.13 Å². The summed E-state index contributed by atoms with van der Waals surface area (Å²) in [4.78, 5) is 80.2. The molecule has 2 aromatic rings. The second-order valence-electron chi connectivity index (χ2n) is 14.5. The zero-order valence-electron chi connectivity index (χ0n) is 29.9. The van der Waals surface area contributed by atoms with Crippen LogP contribution in [0.2, 0.25) is 5.02 Å². The zero-order chi connectivity index (χ0) is 40.0. The van der Waals surface area contributed by atoms with Crippen molar-refractivity contribution in [3.8, 4) is 11.5 Å². The van der Waals surface area contributed by atoms with Crippen LogP contribution < -0.4 is 11.1 Å². The molecule has 0 saturated carbocycles. The Morgan fingerprint density at radius 3 is 2.49 bits per heavy atom. The van der Waals surface area contributed by atoms with Crippen molar-refractivity contribution in [2.45, 2.75) is 44.1 Å². The van der Waals surface area contributed by atoms with Gasteiger partial charge in [0, 0.05) is 53.5 Å². The van der Waals surface area contributed by atoms with E-state index < -0.39 is 57.9 Å². The molecule has 21 heteroatoms. The minimum Gasteiger partial charge on any atom is -0.504 e. The van der Waals surface area contributed by atoms with Crippen LogP contribution in [-0.2, 0) is 33.6 Å². The molecule has 0 unspecified atom stereocenters. The van der Waals surface area contributed by atoms with Crippen LogP contribution in [0.5, 0.6) is 11.5 Å². The summed E-state index contributed by atoms with van der Waals surface area (Å²) >= 11 is 8.60. The number of aromatic hydroxyl groups is 2. The number of hydrogen-bond donors (Lipinski definition) is 6. The summed E-state index contributed by atoms with van der Waals surface area (Å²) in [5.74, 6) is -5.93. The molecule has 294 valence electrons. The molecule has 0 aliphatic carbocycles. The smallest absolute Gasteiger partial charge is 0.352 e. The Morgan fingerprint density at radius 2 is 1.87 bits per heavy atom. The first kappa shape index (κ1) is 39.8. The molecule has 3 saturated heterocycles. The van der Waals surface area contributed by atoms with Crippen LogP contribution in [0.3, 0.4) is 0 Å². The zero-order valence-corrected chi connectivity index (χ0v) is 32.3. The van der Waals surface area contributed by atoms with Gasteiger partial charge in [-0.3, -0.25) is 19.3 Å². The molecular weight excluding hydrogens is 782 g/mol. The maximum atomic E-state index is 13.6. The Morgan fingerprint density at radius 1 is 1.16 bits per heavy atom. The number of quaternary nitrogens is 1. The number of β-lactam (4-membered cyclic amide) rings is 1. The van der Waals surface area contributed by atoms with Gasteiger partial charge in [-0.2, -0.15) is 0 Å². The highest BCUT2D eigenvalue weighted by molar-refractivity contribution is 8.00. The van der Waals surface area contributed by atoms with E-state index in [2.05, 4.69) is 20.6 Å². The number of carboxylic acids is 2. The average molecular weight is 821 g/mol. The number of Topliss-reactive ketones (excluding diaryl/α,β-unsaturated/α-hetero) is 1. The Labute approximate surface area is 327 Å². The number of thioether (sulfide) groups is 1. The minimum absolute atomic E-state index is 0.0633. The summed E-state index contributed by atoms with van der Waals surface area (Å²) in [5.41, 5.74) is 3.86. The summed E-state index contributed by atoms with van der Waals surface area (Å²) in [6.45, 7) is 5.31. The summed E-state index contributed by atoms with van der Waals surface area (Å²) in [6, 6.07) is 2.52. The maximum absolute atomic E-state index is 13.6. The number of phenolic OH excluding ortho intramolecular Hbond substituents is 2. The van der Waals surface area contributed by atoms with E-state index in [1.165, 1.54) is 55.1 Å². The standard InChI is InChI=1S/C34H38ClN7O11S2/c1-33(2,31(50)51)53-40-24(19-13-55-32(36)38-19)21(44)10-18-28(47)41-25(30(48)49)16(12-54-29(18)41)11-42-8-6-34(15-42,7-9-42)14-37-27(46)23(39-52-3)17-4-5-20(43)26(45)22(17)35/h4-5,13,18,29H,6-12,14-15H2,1-3H3,(H6-,36,37,38,39,40,43,44,45,46,48,49,50,51)/p+1/t18-,29-,34?,42?/m1/s1. The lowest BCUT2D eigenvalue weighted by molar-refractivity contribution is -0.904. The van der Waals surface area contributed by atoms with Gasteiger partial charge in [0.05, 0.1) is 35.9 Å². The van der Waals surface area contributed by atoms with Gasteiger partial charge >= 0.3 is 11.9 Å². The molecule has 1 aromatic heterocycles. The lowest BCUT2D eigenvalue weighted by atomic mass is 9.84. The third-order valence-electron chi connectivity index (χ3n) is 10.5. The number of anilines is 1. The molecule has 0 spiro atoms.